The molecule has 0 heterocycles. The standard InChI is InChI=1S/C30H50O5/c1-2-3-4-17-24-35-28-23-22-26(18-13-9-5-7-11-15-20-29(31)32)27(25-28)19-14-10-6-8-12-16-21-30(33)34/h22-23,25H,2-21,24H2,1H3,(H,31,32)(H,33,34). The van der Waals surface area contributed by atoms with E-state index in [1.165, 1.54) is 62.5 Å². The van der Waals surface area contributed by atoms with E-state index in [9.17, 15) is 9.59 Å². The van der Waals surface area contributed by atoms with Gasteiger partial charge in [-0.15, -0.1) is 0 Å². The molecule has 0 aliphatic carbocycles. The highest BCUT2D eigenvalue weighted by Crippen LogP contribution is 2.23. The maximum absolute atomic E-state index is 10.6. The Labute approximate surface area is 213 Å². The zero-order valence-corrected chi connectivity index (χ0v) is 22.2. The lowest BCUT2D eigenvalue weighted by Gasteiger charge is -2.13. The molecule has 200 valence electrons. The van der Waals surface area contributed by atoms with Gasteiger partial charge in [0.15, 0.2) is 0 Å². The molecule has 0 fully saturated rings. The molecular weight excluding hydrogens is 440 g/mol. The molecule has 1 aromatic carbocycles. The Bertz CT molecular complexity index is 685. The van der Waals surface area contributed by atoms with Gasteiger partial charge in [0, 0.05) is 12.8 Å². The minimum absolute atomic E-state index is 0.289. The molecule has 0 radical (unpaired) electrons. The molecule has 0 aromatic heterocycles. The minimum Gasteiger partial charge on any atom is -0.494 e. The van der Waals surface area contributed by atoms with Gasteiger partial charge >= 0.3 is 11.9 Å². The number of benzene rings is 1. The topological polar surface area (TPSA) is 83.8 Å². The second kappa shape index (κ2) is 21.3. The second-order valence-electron chi connectivity index (χ2n) is 9.87. The van der Waals surface area contributed by atoms with E-state index >= 15 is 0 Å². The van der Waals surface area contributed by atoms with Gasteiger partial charge in [0.05, 0.1) is 6.61 Å². The van der Waals surface area contributed by atoms with Gasteiger partial charge in [-0.3, -0.25) is 9.59 Å². The lowest BCUT2D eigenvalue weighted by molar-refractivity contribution is -0.138. The largest absolute Gasteiger partial charge is 0.494 e. The van der Waals surface area contributed by atoms with Crippen LogP contribution in [-0.4, -0.2) is 28.8 Å². The summed E-state index contributed by atoms with van der Waals surface area (Å²) in [4.78, 5) is 21.2. The van der Waals surface area contributed by atoms with Crippen molar-refractivity contribution < 1.29 is 24.5 Å². The van der Waals surface area contributed by atoms with Gasteiger partial charge in [0.25, 0.3) is 0 Å². The number of carboxylic acid groups (broad SMARTS) is 2. The number of carboxylic acids is 2. The second-order valence-corrected chi connectivity index (χ2v) is 9.87. The number of unbranched alkanes of at least 4 members (excludes halogenated alkanes) is 13. The van der Waals surface area contributed by atoms with Gasteiger partial charge < -0.3 is 14.9 Å². The molecule has 0 unspecified atom stereocenters. The summed E-state index contributed by atoms with van der Waals surface area (Å²) in [5.41, 5.74) is 2.86. The average Bonchev–Trinajstić information content (AvgIpc) is 2.82. The summed E-state index contributed by atoms with van der Waals surface area (Å²) in [5.74, 6) is -0.389. The minimum atomic E-state index is -0.692. The molecule has 2 N–H and O–H groups in total. The van der Waals surface area contributed by atoms with Crippen molar-refractivity contribution in [1.29, 1.82) is 0 Å². The zero-order chi connectivity index (χ0) is 25.6. The first kappa shape index (κ1) is 31.0. The summed E-state index contributed by atoms with van der Waals surface area (Å²) in [6.07, 6.45) is 20.5. The average molecular weight is 491 g/mol. The van der Waals surface area contributed by atoms with Crippen molar-refractivity contribution in [2.75, 3.05) is 6.61 Å². The molecule has 1 aromatic rings. The highest BCUT2D eigenvalue weighted by molar-refractivity contribution is 5.66. The SMILES string of the molecule is CCCCCCOc1ccc(CCCCCCCCC(=O)O)c(CCCCCCCCC(=O)O)c1. The summed E-state index contributed by atoms with van der Waals surface area (Å²) in [6.45, 7) is 3.01. The third-order valence-corrected chi connectivity index (χ3v) is 6.62. The summed E-state index contributed by atoms with van der Waals surface area (Å²) in [5, 5.41) is 17.5. The Morgan fingerprint density at radius 2 is 1.11 bits per heavy atom. The van der Waals surface area contributed by atoms with Crippen LogP contribution < -0.4 is 4.74 Å². The number of ether oxygens (including phenoxy) is 1. The molecule has 0 amide bonds. The summed E-state index contributed by atoms with van der Waals surface area (Å²) >= 11 is 0. The maximum atomic E-state index is 10.6. The number of carbonyl (C=O) groups is 2. The maximum Gasteiger partial charge on any atom is 0.303 e. The van der Waals surface area contributed by atoms with Gasteiger partial charge in [0.1, 0.15) is 5.75 Å². The number of aliphatic carboxylic acids is 2. The van der Waals surface area contributed by atoms with E-state index in [-0.39, 0.29) is 6.42 Å². The van der Waals surface area contributed by atoms with Crippen LogP contribution in [0.1, 0.15) is 134 Å². The smallest absolute Gasteiger partial charge is 0.303 e. The van der Waals surface area contributed by atoms with Crippen LogP contribution in [0.25, 0.3) is 0 Å². The van der Waals surface area contributed by atoms with Crippen molar-refractivity contribution in [3.8, 4) is 5.75 Å². The van der Waals surface area contributed by atoms with E-state index in [2.05, 4.69) is 25.1 Å². The Morgan fingerprint density at radius 3 is 1.66 bits per heavy atom. The molecule has 0 saturated carbocycles. The van der Waals surface area contributed by atoms with Gasteiger partial charge in [0.2, 0.25) is 0 Å². The highest BCUT2D eigenvalue weighted by Gasteiger charge is 2.07. The predicted octanol–water partition coefficient (Wildman–Crippen LogP) is 8.36. The van der Waals surface area contributed by atoms with Gasteiger partial charge in [-0.1, -0.05) is 83.6 Å². The molecule has 0 bridgehead atoms. The first-order chi connectivity index (χ1) is 17.0. The number of rotatable bonds is 24. The van der Waals surface area contributed by atoms with Gasteiger partial charge in [-0.2, -0.15) is 0 Å². The van der Waals surface area contributed by atoms with Crippen molar-refractivity contribution in [3.05, 3.63) is 29.3 Å². The van der Waals surface area contributed by atoms with Crippen molar-refractivity contribution in [1.82, 2.24) is 0 Å². The van der Waals surface area contributed by atoms with E-state index in [0.29, 0.717) is 6.42 Å². The Kier molecular flexibility index (Phi) is 18.8. The van der Waals surface area contributed by atoms with Crippen LogP contribution in [0.4, 0.5) is 0 Å². The molecular formula is C30H50O5. The fraction of sp³-hybridized carbons (Fsp3) is 0.733. The Hall–Kier alpha value is -2.04. The predicted molar refractivity (Wildman–Crippen MR) is 143 cm³/mol. The van der Waals surface area contributed by atoms with Crippen LogP contribution in [0.15, 0.2) is 18.2 Å². The quantitative estimate of drug-likeness (QED) is 0.142. The van der Waals surface area contributed by atoms with Crippen molar-refractivity contribution in [3.63, 3.8) is 0 Å². The molecule has 0 atom stereocenters. The number of hydrogen-bond acceptors (Lipinski definition) is 3. The molecule has 0 aliphatic rings. The summed E-state index contributed by atoms with van der Waals surface area (Å²) < 4.78 is 6.05. The van der Waals surface area contributed by atoms with Crippen LogP contribution in [0.3, 0.4) is 0 Å². The van der Waals surface area contributed by atoms with E-state index in [1.54, 1.807) is 0 Å². The van der Waals surface area contributed by atoms with Crippen LogP contribution in [0.2, 0.25) is 0 Å². The molecule has 5 nitrogen and oxygen atoms in total. The van der Waals surface area contributed by atoms with E-state index in [1.807, 2.05) is 0 Å². The monoisotopic (exact) mass is 490 g/mol. The van der Waals surface area contributed by atoms with Crippen molar-refractivity contribution in [2.24, 2.45) is 0 Å². The van der Waals surface area contributed by atoms with Crippen LogP contribution >= 0.6 is 0 Å². The normalized spacial score (nSPS) is 11.0. The van der Waals surface area contributed by atoms with Crippen LogP contribution in [-0.2, 0) is 22.4 Å². The highest BCUT2D eigenvalue weighted by atomic mass is 16.5. The lowest BCUT2D eigenvalue weighted by atomic mass is 9.96. The molecule has 1 rings (SSSR count). The molecule has 35 heavy (non-hydrogen) atoms. The van der Waals surface area contributed by atoms with Crippen LogP contribution in [0, 0.1) is 0 Å². The summed E-state index contributed by atoms with van der Waals surface area (Å²) in [7, 11) is 0. The van der Waals surface area contributed by atoms with Crippen molar-refractivity contribution in [2.45, 2.75) is 135 Å². The first-order valence-electron chi connectivity index (χ1n) is 14.2. The van der Waals surface area contributed by atoms with Crippen LogP contribution in [0.5, 0.6) is 5.75 Å². The Morgan fingerprint density at radius 1 is 0.629 bits per heavy atom. The fourth-order valence-electron chi connectivity index (χ4n) is 4.49. The summed E-state index contributed by atoms with van der Waals surface area (Å²) in [6, 6.07) is 6.65. The van der Waals surface area contributed by atoms with Gasteiger partial charge in [-0.25, -0.2) is 0 Å². The number of hydrogen-bond donors (Lipinski definition) is 2. The van der Waals surface area contributed by atoms with Crippen molar-refractivity contribution >= 4 is 11.9 Å². The lowest BCUT2D eigenvalue weighted by Crippen LogP contribution is -2.01. The molecule has 0 saturated heterocycles. The zero-order valence-electron chi connectivity index (χ0n) is 22.2. The Balaban J connectivity index is 2.43. The molecule has 0 spiro atoms. The first-order valence-corrected chi connectivity index (χ1v) is 14.2. The van der Waals surface area contributed by atoms with Gasteiger partial charge in [-0.05, 0) is 68.2 Å². The molecule has 0 aliphatic heterocycles. The van der Waals surface area contributed by atoms with E-state index in [4.69, 9.17) is 14.9 Å². The van der Waals surface area contributed by atoms with E-state index < -0.39 is 11.9 Å². The molecule has 5 heteroatoms. The third kappa shape index (κ3) is 18.0. The van der Waals surface area contributed by atoms with E-state index in [0.717, 1.165) is 76.6 Å². The third-order valence-electron chi connectivity index (χ3n) is 6.62. The fourth-order valence-corrected chi connectivity index (χ4v) is 4.49. The number of aryl methyl sites for hydroxylation is 2.